The number of nitrogens with one attached hydrogen (secondary N) is 2. The Hall–Kier alpha value is -2.32. The lowest BCUT2D eigenvalue weighted by Crippen LogP contribution is -2.43. The molecule has 1 aromatic carbocycles. The Morgan fingerprint density at radius 3 is 2.65 bits per heavy atom. The average molecular weight is 340 g/mol. The molecule has 0 saturated heterocycles. The van der Waals surface area contributed by atoms with Gasteiger partial charge in [-0.2, -0.15) is 11.3 Å². The molecule has 2 rings (SSSR count). The summed E-state index contributed by atoms with van der Waals surface area (Å²) >= 11 is 1.38. The highest BCUT2D eigenvalue weighted by Crippen LogP contribution is 2.22. The highest BCUT2D eigenvalue weighted by atomic mass is 32.1. The van der Waals surface area contributed by atoms with Gasteiger partial charge in [0.25, 0.3) is 0 Å². The largest absolute Gasteiger partial charge is 0.384 e. The third-order valence-corrected chi connectivity index (χ3v) is 3.80. The van der Waals surface area contributed by atoms with Crippen LogP contribution in [0, 0.1) is 11.6 Å². The number of hydrogen-bond acceptors (Lipinski definition) is 4. The van der Waals surface area contributed by atoms with E-state index < -0.39 is 34.7 Å². The van der Waals surface area contributed by atoms with E-state index in [9.17, 15) is 23.5 Å². The second kappa shape index (κ2) is 6.84. The number of amides is 2. The maximum atomic E-state index is 13.4. The molecule has 0 bridgehead atoms. The van der Waals surface area contributed by atoms with E-state index in [0.29, 0.717) is 5.56 Å². The monoisotopic (exact) mass is 340 g/mol. The third kappa shape index (κ3) is 4.33. The van der Waals surface area contributed by atoms with E-state index in [1.165, 1.54) is 18.3 Å². The van der Waals surface area contributed by atoms with Crippen LogP contribution in [0.5, 0.6) is 0 Å². The number of carbonyl (C=O) groups is 2. The quantitative estimate of drug-likeness (QED) is 0.745. The minimum Gasteiger partial charge on any atom is -0.384 e. The molecule has 0 aliphatic heterocycles. The van der Waals surface area contributed by atoms with Crippen molar-refractivity contribution in [3.63, 3.8) is 0 Å². The summed E-state index contributed by atoms with van der Waals surface area (Å²) in [6.07, 6.45) is 0. The van der Waals surface area contributed by atoms with Crippen LogP contribution in [-0.4, -0.2) is 23.5 Å². The van der Waals surface area contributed by atoms with Crippen LogP contribution in [0.3, 0.4) is 0 Å². The molecule has 0 fully saturated rings. The first-order chi connectivity index (χ1) is 10.8. The summed E-state index contributed by atoms with van der Waals surface area (Å²) in [6, 6.07) is 4.19. The number of thiophene rings is 1. The summed E-state index contributed by atoms with van der Waals surface area (Å²) in [5.41, 5.74) is -1.19. The number of halogens is 2. The maximum Gasteiger partial charge on any atom is 0.313 e. The van der Waals surface area contributed by atoms with Crippen molar-refractivity contribution in [2.75, 3.05) is 11.9 Å². The van der Waals surface area contributed by atoms with Crippen LogP contribution >= 0.6 is 11.3 Å². The van der Waals surface area contributed by atoms with Crippen LogP contribution < -0.4 is 10.6 Å². The highest BCUT2D eigenvalue weighted by molar-refractivity contribution is 7.08. The lowest BCUT2D eigenvalue weighted by Gasteiger charge is -2.22. The molecule has 1 atom stereocenters. The van der Waals surface area contributed by atoms with Gasteiger partial charge in [0.05, 0.1) is 12.2 Å². The van der Waals surface area contributed by atoms with Gasteiger partial charge in [-0.05, 0) is 41.4 Å². The normalized spacial score (nSPS) is 13.2. The predicted octanol–water partition coefficient (Wildman–Crippen LogP) is 1.99. The zero-order valence-corrected chi connectivity index (χ0v) is 12.9. The second-order valence-corrected chi connectivity index (χ2v) is 5.83. The first kappa shape index (κ1) is 17.0. The van der Waals surface area contributed by atoms with Crippen molar-refractivity contribution < 1.29 is 23.5 Å². The zero-order valence-electron chi connectivity index (χ0n) is 12.1. The minimum absolute atomic E-state index is 0.207. The van der Waals surface area contributed by atoms with Crippen molar-refractivity contribution >= 4 is 28.8 Å². The van der Waals surface area contributed by atoms with Gasteiger partial charge >= 0.3 is 11.8 Å². The van der Waals surface area contributed by atoms with E-state index in [1.54, 1.807) is 16.8 Å². The Labute approximate surface area is 135 Å². The number of aliphatic hydroxyl groups is 1. The van der Waals surface area contributed by atoms with Gasteiger partial charge in [-0.3, -0.25) is 9.59 Å². The second-order valence-electron chi connectivity index (χ2n) is 5.05. The van der Waals surface area contributed by atoms with Gasteiger partial charge in [0, 0.05) is 6.07 Å². The molecule has 1 aromatic heterocycles. The number of rotatable bonds is 4. The van der Waals surface area contributed by atoms with E-state index >= 15 is 0 Å². The van der Waals surface area contributed by atoms with Gasteiger partial charge in [0.15, 0.2) is 0 Å². The average Bonchev–Trinajstić information content (AvgIpc) is 3.03. The van der Waals surface area contributed by atoms with Gasteiger partial charge in [0.1, 0.15) is 17.2 Å². The third-order valence-electron chi connectivity index (χ3n) is 3.12. The standard InChI is InChI=1S/C15H14F2N2O3S/c1-15(22,9-4-5-23-7-9)8-18-13(20)14(21)19-12-6-10(16)2-3-11(12)17/h2-7,22H,8H2,1H3,(H,18,20)(H,19,21). The van der Waals surface area contributed by atoms with Crippen LogP contribution in [0.4, 0.5) is 14.5 Å². The molecule has 1 heterocycles. The van der Waals surface area contributed by atoms with Crippen molar-refractivity contribution in [3.05, 3.63) is 52.2 Å². The molecule has 1 unspecified atom stereocenters. The van der Waals surface area contributed by atoms with Gasteiger partial charge in [-0.15, -0.1) is 0 Å². The summed E-state index contributed by atoms with van der Waals surface area (Å²) < 4.78 is 26.4. The molecule has 8 heteroatoms. The molecular formula is C15H14F2N2O3S. The SMILES string of the molecule is CC(O)(CNC(=O)C(=O)Nc1cc(F)ccc1F)c1ccsc1. The molecule has 0 saturated carbocycles. The van der Waals surface area contributed by atoms with Crippen LogP contribution in [0.1, 0.15) is 12.5 Å². The molecule has 23 heavy (non-hydrogen) atoms. The smallest absolute Gasteiger partial charge is 0.313 e. The molecule has 2 amide bonds. The topological polar surface area (TPSA) is 78.4 Å². The van der Waals surface area contributed by atoms with E-state index in [4.69, 9.17) is 0 Å². The minimum atomic E-state index is -1.35. The summed E-state index contributed by atoms with van der Waals surface area (Å²) in [5, 5.41) is 17.9. The van der Waals surface area contributed by atoms with E-state index in [0.717, 1.165) is 18.2 Å². The zero-order chi connectivity index (χ0) is 17.0. The molecular weight excluding hydrogens is 326 g/mol. The number of hydrogen-bond donors (Lipinski definition) is 3. The summed E-state index contributed by atoms with van der Waals surface area (Å²) in [7, 11) is 0. The Morgan fingerprint density at radius 2 is 2.00 bits per heavy atom. The van der Waals surface area contributed by atoms with Gasteiger partial charge in [-0.1, -0.05) is 0 Å². The fraction of sp³-hybridized carbons (Fsp3) is 0.200. The van der Waals surface area contributed by atoms with E-state index in [1.807, 2.05) is 5.32 Å². The van der Waals surface area contributed by atoms with Crippen molar-refractivity contribution in [1.29, 1.82) is 0 Å². The molecule has 122 valence electrons. The van der Waals surface area contributed by atoms with Gasteiger partial charge < -0.3 is 15.7 Å². The molecule has 3 N–H and O–H groups in total. The molecule has 0 aliphatic rings. The van der Waals surface area contributed by atoms with Crippen molar-refractivity contribution in [2.45, 2.75) is 12.5 Å². The van der Waals surface area contributed by atoms with Crippen molar-refractivity contribution in [1.82, 2.24) is 5.32 Å². The van der Waals surface area contributed by atoms with Crippen LogP contribution in [-0.2, 0) is 15.2 Å². The fourth-order valence-electron chi connectivity index (χ4n) is 1.78. The van der Waals surface area contributed by atoms with Gasteiger partial charge in [-0.25, -0.2) is 8.78 Å². The lowest BCUT2D eigenvalue weighted by molar-refractivity contribution is -0.136. The Kier molecular flexibility index (Phi) is 5.07. The van der Waals surface area contributed by atoms with E-state index in [2.05, 4.69) is 5.32 Å². The van der Waals surface area contributed by atoms with Crippen LogP contribution in [0.2, 0.25) is 0 Å². The lowest BCUT2D eigenvalue weighted by atomic mass is 9.99. The fourth-order valence-corrected chi connectivity index (χ4v) is 2.56. The summed E-state index contributed by atoms with van der Waals surface area (Å²) in [5.74, 6) is -3.83. The molecule has 5 nitrogen and oxygen atoms in total. The first-order valence-electron chi connectivity index (χ1n) is 6.59. The molecule has 0 radical (unpaired) electrons. The highest BCUT2D eigenvalue weighted by Gasteiger charge is 2.26. The first-order valence-corrected chi connectivity index (χ1v) is 7.53. The molecule has 0 spiro atoms. The van der Waals surface area contributed by atoms with Crippen LogP contribution in [0.25, 0.3) is 0 Å². The Morgan fingerprint density at radius 1 is 1.26 bits per heavy atom. The number of benzene rings is 1. The summed E-state index contributed by atoms with van der Waals surface area (Å²) in [6.45, 7) is 1.28. The number of anilines is 1. The predicted molar refractivity (Wildman–Crippen MR) is 81.9 cm³/mol. The Balaban J connectivity index is 1.95. The maximum absolute atomic E-state index is 13.4. The van der Waals surface area contributed by atoms with Crippen molar-refractivity contribution in [3.8, 4) is 0 Å². The Bertz CT molecular complexity index is 718. The molecule has 0 aliphatic carbocycles. The molecule has 2 aromatic rings. The van der Waals surface area contributed by atoms with Crippen LogP contribution in [0.15, 0.2) is 35.0 Å². The van der Waals surface area contributed by atoms with Crippen molar-refractivity contribution in [2.24, 2.45) is 0 Å². The van der Waals surface area contributed by atoms with E-state index in [-0.39, 0.29) is 6.54 Å². The summed E-state index contributed by atoms with van der Waals surface area (Å²) in [4.78, 5) is 23.4. The van der Waals surface area contributed by atoms with Gasteiger partial charge in [0.2, 0.25) is 0 Å². The number of carbonyl (C=O) groups excluding carboxylic acids is 2.